The Labute approximate surface area is 109 Å². The van der Waals surface area contributed by atoms with Crippen LogP contribution in [0, 0.1) is 0 Å². The van der Waals surface area contributed by atoms with Crippen LogP contribution in [0.5, 0.6) is 0 Å². The van der Waals surface area contributed by atoms with Gasteiger partial charge in [0.25, 0.3) is 0 Å². The fourth-order valence-corrected chi connectivity index (χ4v) is 4.69. The highest BCUT2D eigenvalue weighted by atomic mass is 32.2. The highest BCUT2D eigenvalue weighted by molar-refractivity contribution is 8.01. The third-order valence-electron chi connectivity index (χ3n) is 2.42. The van der Waals surface area contributed by atoms with E-state index in [2.05, 4.69) is 41.9 Å². The van der Waals surface area contributed by atoms with Crippen molar-refractivity contribution in [3.05, 3.63) is 39.9 Å². The predicted octanol–water partition coefficient (Wildman–Crippen LogP) is 4.38. The van der Waals surface area contributed by atoms with Crippen molar-refractivity contribution in [2.24, 2.45) is 5.73 Å². The molecular formula is C12H15NS3. The highest BCUT2D eigenvalue weighted by Gasteiger charge is 2.21. The SMILES string of the molecule is CCC(N)C(Sc1cccs1)c1cccs1. The van der Waals surface area contributed by atoms with E-state index in [1.165, 1.54) is 9.09 Å². The van der Waals surface area contributed by atoms with Crippen molar-refractivity contribution in [2.45, 2.75) is 28.8 Å². The number of rotatable bonds is 5. The Kier molecular flexibility index (Phi) is 4.46. The molecule has 0 saturated heterocycles. The molecule has 0 aliphatic heterocycles. The van der Waals surface area contributed by atoms with Crippen LogP contribution in [0.25, 0.3) is 0 Å². The van der Waals surface area contributed by atoms with E-state index >= 15 is 0 Å². The molecule has 0 fully saturated rings. The second kappa shape index (κ2) is 5.87. The van der Waals surface area contributed by atoms with Gasteiger partial charge in [0.05, 0.1) is 9.46 Å². The number of thioether (sulfide) groups is 1. The van der Waals surface area contributed by atoms with Crippen LogP contribution in [-0.4, -0.2) is 6.04 Å². The van der Waals surface area contributed by atoms with E-state index in [0.29, 0.717) is 5.25 Å². The quantitative estimate of drug-likeness (QED) is 0.815. The Morgan fingerprint density at radius 2 is 2.00 bits per heavy atom. The monoisotopic (exact) mass is 269 g/mol. The molecule has 0 amide bonds. The van der Waals surface area contributed by atoms with E-state index in [0.717, 1.165) is 6.42 Å². The molecule has 0 aliphatic rings. The normalized spacial score (nSPS) is 14.9. The average molecular weight is 269 g/mol. The van der Waals surface area contributed by atoms with E-state index in [-0.39, 0.29) is 6.04 Å². The number of hydrogen-bond acceptors (Lipinski definition) is 4. The lowest BCUT2D eigenvalue weighted by Crippen LogP contribution is -2.24. The molecule has 0 radical (unpaired) electrons. The molecule has 0 aromatic carbocycles. The second-order valence-corrected chi connectivity index (χ2v) is 6.93. The molecule has 1 nitrogen and oxygen atoms in total. The van der Waals surface area contributed by atoms with Crippen molar-refractivity contribution in [3.63, 3.8) is 0 Å². The fraction of sp³-hybridized carbons (Fsp3) is 0.333. The van der Waals surface area contributed by atoms with E-state index in [4.69, 9.17) is 5.73 Å². The molecule has 2 atom stereocenters. The van der Waals surface area contributed by atoms with Crippen LogP contribution < -0.4 is 5.73 Å². The van der Waals surface area contributed by atoms with Crippen molar-refractivity contribution < 1.29 is 0 Å². The van der Waals surface area contributed by atoms with E-state index in [1.807, 2.05) is 11.8 Å². The Balaban J connectivity index is 2.15. The minimum atomic E-state index is 0.228. The van der Waals surface area contributed by atoms with Crippen LogP contribution in [-0.2, 0) is 0 Å². The average Bonchev–Trinajstić information content (AvgIpc) is 2.97. The number of hydrogen-bond donors (Lipinski definition) is 1. The Morgan fingerprint density at radius 3 is 2.56 bits per heavy atom. The largest absolute Gasteiger partial charge is 0.326 e. The molecule has 2 N–H and O–H groups in total. The summed E-state index contributed by atoms with van der Waals surface area (Å²) in [5, 5.41) is 4.63. The molecule has 0 saturated carbocycles. The van der Waals surface area contributed by atoms with Gasteiger partial charge >= 0.3 is 0 Å². The summed E-state index contributed by atoms with van der Waals surface area (Å²) in [6.45, 7) is 2.15. The summed E-state index contributed by atoms with van der Waals surface area (Å²) in [5.74, 6) is 0. The first kappa shape index (κ1) is 12.2. The summed E-state index contributed by atoms with van der Waals surface area (Å²) in [5.41, 5.74) is 6.22. The fourth-order valence-electron chi connectivity index (χ4n) is 1.48. The molecule has 0 aliphatic carbocycles. The molecule has 0 bridgehead atoms. The highest BCUT2D eigenvalue weighted by Crippen LogP contribution is 2.41. The Bertz CT molecular complexity index is 394. The minimum Gasteiger partial charge on any atom is -0.326 e. The van der Waals surface area contributed by atoms with Crippen molar-refractivity contribution in [1.29, 1.82) is 0 Å². The van der Waals surface area contributed by atoms with Crippen LogP contribution in [0.1, 0.15) is 23.5 Å². The maximum Gasteiger partial charge on any atom is 0.0605 e. The molecule has 0 spiro atoms. The lowest BCUT2D eigenvalue weighted by Gasteiger charge is -2.20. The smallest absolute Gasteiger partial charge is 0.0605 e. The molecule has 4 heteroatoms. The second-order valence-electron chi connectivity index (χ2n) is 3.56. The third kappa shape index (κ3) is 2.88. The zero-order valence-electron chi connectivity index (χ0n) is 9.13. The summed E-state index contributed by atoms with van der Waals surface area (Å²) < 4.78 is 1.35. The van der Waals surface area contributed by atoms with Crippen LogP contribution in [0.15, 0.2) is 39.2 Å². The van der Waals surface area contributed by atoms with E-state index < -0.39 is 0 Å². The van der Waals surface area contributed by atoms with Gasteiger partial charge < -0.3 is 5.73 Å². The Morgan fingerprint density at radius 1 is 1.25 bits per heavy atom. The summed E-state index contributed by atoms with van der Waals surface area (Å²) >= 11 is 5.48. The van der Waals surface area contributed by atoms with Crippen molar-refractivity contribution in [1.82, 2.24) is 0 Å². The summed E-state index contributed by atoms with van der Waals surface area (Å²) in [4.78, 5) is 1.38. The molecule has 16 heavy (non-hydrogen) atoms. The van der Waals surface area contributed by atoms with Gasteiger partial charge in [-0.3, -0.25) is 0 Å². The maximum absolute atomic E-state index is 6.22. The molecular weight excluding hydrogens is 254 g/mol. The Hall–Kier alpha value is -0.290. The van der Waals surface area contributed by atoms with Gasteiger partial charge in [0.2, 0.25) is 0 Å². The molecule has 2 heterocycles. The minimum absolute atomic E-state index is 0.228. The van der Waals surface area contributed by atoms with Crippen LogP contribution in [0.2, 0.25) is 0 Å². The van der Waals surface area contributed by atoms with Gasteiger partial charge in [0, 0.05) is 10.9 Å². The standard InChI is InChI=1S/C12H15NS3/c1-2-9(13)12(10-5-3-7-14-10)16-11-6-4-8-15-11/h3-9,12H,2,13H2,1H3. The van der Waals surface area contributed by atoms with Gasteiger partial charge in [-0.1, -0.05) is 19.1 Å². The first-order valence-corrected chi connectivity index (χ1v) is 7.94. The van der Waals surface area contributed by atoms with E-state index in [9.17, 15) is 0 Å². The van der Waals surface area contributed by atoms with Gasteiger partial charge in [-0.15, -0.1) is 34.4 Å². The van der Waals surface area contributed by atoms with Crippen molar-refractivity contribution >= 4 is 34.4 Å². The molecule has 86 valence electrons. The van der Waals surface area contributed by atoms with Gasteiger partial charge in [0.15, 0.2) is 0 Å². The van der Waals surface area contributed by atoms with Gasteiger partial charge in [-0.05, 0) is 29.3 Å². The lowest BCUT2D eigenvalue weighted by molar-refractivity contribution is 0.640. The number of nitrogens with two attached hydrogens (primary N) is 1. The summed E-state index contributed by atoms with van der Waals surface area (Å²) in [6.07, 6.45) is 1.01. The van der Waals surface area contributed by atoms with Crippen molar-refractivity contribution in [3.8, 4) is 0 Å². The third-order valence-corrected chi connectivity index (χ3v) is 5.99. The molecule has 2 aromatic rings. The topological polar surface area (TPSA) is 26.0 Å². The molecule has 2 aromatic heterocycles. The summed E-state index contributed by atoms with van der Waals surface area (Å²) in [7, 11) is 0. The van der Waals surface area contributed by atoms with Gasteiger partial charge in [-0.2, -0.15) is 0 Å². The summed E-state index contributed by atoms with van der Waals surface area (Å²) in [6, 6.07) is 8.77. The number of thiophene rings is 2. The molecule has 2 rings (SSSR count). The zero-order chi connectivity index (χ0) is 11.4. The first-order chi connectivity index (χ1) is 7.81. The van der Waals surface area contributed by atoms with Crippen LogP contribution in [0.3, 0.4) is 0 Å². The van der Waals surface area contributed by atoms with Crippen LogP contribution in [0.4, 0.5) is 0 Å². The maximum atomic E-state index is 6.22. The predicted molar refractivity (Wildman–Crippen MR) is 75.5 cm³/mol. The zero-order valence-corrected chi connectivity index (χ0v) is 11.6. The van der Waals surface area contributed by atoms with Gasteiger partial charge in [-0.25, -0.2) is 0 Å². The molecule has 2 unspecified atom stereocenters. The van der Waals surface area contributed by atoms with Crippen molar-refractivity contribution in [2.75, 3.05) is 0 Å². The first-order valence-electron chi connectivity index (χ1n) is 5.30. The van der Waals surface area contributed by atoms with Gasteiger partial charge in [0.1, 0.15) is 0 Å². The van der Waals surface area contributed by atoms with Crippen LogP contribution >= 0.6 is 34.4 Å². The van der Waals surface area contributed by atoms with E-state index in [1.54, 1.807) is 22.7 Å². The lowest BCUT2D eigenvalue weighted by atomic mass is 10.1.